The topological polar surface area (TPSA) is 42.2 Å². The molecule has 3 heteroatoms. The molecule has 3 rings (SSSR count). The molecule has 0 amide bonds. The lowest BCUT2D eigenvalue weighted by Crippen LogP contribution is -2.30. The quantitative estimate of drug-likeness (QED) is 0.836. The van der Waals surface area contributed by atoms with E-state index in [1.807, 2.05) is 24.3 Å². The minimum atomic E-state index is 0.0260. The first kappa shape index (κ1) is 15.7. The van der Waals surface area contributed by atoms with E-state index in [-0.39, 0.29) is 12.2 Å². The van der Waals surface area contributed by atoms with Crippen LogP contribution in [-0.2, 0) is 9.47 Å². The first-order chi connectivity index (χ1) is 11.3. The zero-order chi connectivity index (χ0) is 16.1. The molecule has 23 heavy (non-hydrogen) atoms. The monoisotopic (exact) mass is 307 g/mol. The molecule has 0 N–H and O–H groups in total. The van der Waals surface area contributed by atoms with Crippen LogP contribution in [0.4, 0.5) is 0 Å². The summed E-state index contributed by atoms with van der Waals surface area (Å²) in [5.74, 6) is 0. The average molecular weight is 307 g/mol. The summed E-state index contributed by atoms with van der Waals surface area (Å²) in [6.07, 6.45) is 2.45. The third-order valence-corrected chi connectivity index (χ3v) is 4.21. The molecule has 0 unspecified atom stereocenters. The molecule has 2 atom stereocenters. The summed E-state index contributed by atoms with van der Waals surface area (Å²) in [6, 6.07) is 18.2. The van der Waals surface area contributed by atoms with E-state index in [1.54, 1.807) is 0 Å². The normalized spacial score (nSPS) is 20.9. The van der Waals surface area contributed by atoms with Gasteiger partial charge in [0.25, 0.3) is 0 Å². The van der Waals surface area contributed by atoms with E-state index in [0.29, 0.717) is 18.8 Å². The van der Waals surface area contributed by atoms with Gasteiger partial charge in [0.15, 0.2) is 0 Å². The molecule has 0 aromatic heterocycles. The fourth-order valence-electron chi connectivity index (χ4n) is 2.85. The molecule has 1 fully saturated rings. The maximum atomic E-state index is 8.86. The van der Waals surface area contributed by atoms with Gasteiger partial charge in [-0.1, -0.05) is 49.7 Å². The summed E-state index contributed by atoms with van der Waals surface area (Å²) < 4.78 is 11.8. The van der Waals surface area contributed by atoms with Gasteiger partial charge >= 0.3 is 0 Å². The largest absolute Gasteiger partial charge is 0.373 e. The number of rotatable bonds is 4. The first-order valence-corrected chi connectivity index (χ1v) is 8.14. The van der Waals surface area contributed by atoms with E-state index in [9.17, 15) is 0 Å². The van der Waals surface area contributed by atoms with Gasteiger partial charge in [-0.05, 0) is 35.2 Å². The minimum Gasteiger partial charge on any atom is -0.373 e. The van der Waals surface area contributed by atoms with E-state index >= 15 is 0 Å². The molecule has 118 valence electrons. The zero-order valence-electron chi connectivity index (χ0n) is 13.4. The minimum absolute atomic E-state index is 0.0260. The molecular weight excluding hydrogens is 286 g/mol. The van der Waals surface area contributed by atoms with E-state index in [1.165, 1.54) is 0 Å². The molecule has 0 bridgehead atoms. The highest BCUT2D eigenvalue weighted by molar-refractivity contribution is 5.64. The third-order valence-electron chi connectivity index (χ3n) is 4.21. The van der Waals surface area contributed by atoms with Crippen molar-refractivity contribution < 1.29 is 9.47 Å². The summed E-state index contributed by atoms with van der Waals surface area (Å²) in [5, 5.41) is 8.86. The maximum Gasteiger partial charge on any atom is 0.106 e. The number of ether oxygens (including phenoxy) is 2. The number of hydrogen-bond acceptors (Lipinski definition) is 3. The van der Waals surface area contributed by atoms with Crippen LogP contribution in [0.1, 0.15) is 37.0 Å². The van der Waals surface area contributed by atoms with Gasteiger partial charge in [0, 0.05) is 0 Å². The summed E-state index contributed by atoms with van der Waals surface area (Å²) in [6.45, 7) is 3.47. The average Bonchev–Trinajstić information content (AvgIpc) is 2.63. The van der Waals surface area contributed by atoms with Crippen molar-refractivity contribution in [3.63, 3.8) is 0 Å². The number of hydrogen-bond donors (Lipinski definition) is 0. The Bertz CT molecular complexity index is 662. The zero-order valence-corrected chi connectivity index (χ0v) is 13.4. The predicted octanol–water partition coefficient (Wildman–Crippen LogP) is 4.48. The number of nitriles is 1. The smallest absolute Gasteiger partial charge is 0.106 e. The summed E-state index contributed by atoms with van der Waals surface area (Å²) in [7, 11) is 0. The van der Waals surface area contributed by atoms with Crippen molar-refractivity contribution in [2.75, 3.05) is 13.2 Å². The highest BCUT2D eigenvalue weighted by atomic mass is 16.6. The molecule has 3 nitrogen and oxygen atoms in total. The molecule has 1 saturated heterocycles. The fourth-order valence-corrected chi connectivity index (χ4v) is 2.85. The van der Waals surface area contributed by atoms with Gasteiger partial charge < -0.3 is 9.47 Å². The van der Waals surface area contributed by atoms with Crippen molar-refractivity contribution in [3.05, 3.63) is 59.7 Å². The van der Waals surface area contributed by atoms with Crippen LogP contribution in [0.5, 0.6) is 0 Å². The maximum absolute atomic E-state index is 8.86. The second kappa shape index (κ2) is 7.41. The Labute approximate surface area is 137 Å². The van der Waals surface area contributed by atoms with Crippen LogP contribution in [0, 0.1) is 11.3 Å². The van der Waals surface area contributed by atoms with Crippen LogP contribution in [0.25, 0.3) is 11.1 Å². The second-order valence-electron chi connectivity index (χ2n) is 5.88. The Morgan fingerprint density at radius 2 is 1.61 bits per heavy atom. The van der Waals surface area contributed by atoms with Crippen molar-refractivity contribution in [3.8, 4) is 17.2 Å². The van der Waals surface area contributed by atoms with Gasteiger partial charge in [0.05, 0.1) is 31.0 Å². The Balaban J connectivity index is 1.66. The van der Waals surface area contributed by atoms with Gasteiger partial charge in [-0.25, -0.2) is 0 Å². The van der Waals surface area contributed by atoms with Crippen molar-refractivity contribution in [2.45, 2.75) is 32.0 Å². The Kier molecular flexibility index (Phi) is 5.07. The van der Waals surface area contributed by atoms with Crippen molar-refractivity contribution in [1.82, 2.24) is 0 Å². The highest BCUT2D eigenvalue weighted by Crippen LogP contribution is 2.27. The van der Waals surface area contributed by atoms with Gasteiger partial charge in [-0.2, -0.15) is 5.26 Å². The van der Waals surface area contributed by atoms with Crippen LogP contribution in [0.15, 0.2) is 48.5 Å². The molecule has 1 heterocycles. The van der Waals surface area contributed by atoms with Crippen LogP contribution in [0.3, 0.4) is 0 Å². The highest BCUT2D eigenvalue weighted by Gasteiger charge is 2.22. The van der Waals surface area contributed by atoms with Gasteiger partial charge in [0.2, 0.25) is 0 Å². The second-order valence-corrected chi connectivity index (χ2v) is 5.88. The molecule has 1 aliphatic heterocycles. The molecule has 2 aromatic carbocycles. The van der Waals surface area contributed by atoms with Crippen LogP contribution < -0.4 is 0 Å². The number of nitrogens with zero attached hydrogens (tertiary/aromatic N) is 1. The molecular formula is C20H21NO2. The van der Waals surface area contributed by atoms with E-state index < -0.39 is 0 Å². The fraction of sp³-hybridized carbons (Fsp3) is 0.350. The third kappa shape index (κ3) is 3.79. The van der Waals surface area contributed by atoms with E-state index in [0.717, 1.165) is 29.5 Å². The number of benzene rings is 2. The molecule has 0 spiro atoms. The molecule has 0 aliphatic carbocycles. The SMILES string of the molecule is CCC[C@H]1CO[C@H](c2ccc(-c3ccc(C#N)cc3)cc2)CO1. The van der Waals surface area contributed by atoms with Crippen molar-refractivity contribution in [1.29, 1.82) is 5.26 Å². The molecule has 1 aliphatic rings. The van der Waals surface area contributed by atoms with E-state index in [2.05, 4.69) is 37.3 Å². The summed E-state index contributed by atoms with van der Waals surface area (Å²) in [4.78, 5) is 0. The van der Waals surface area contributed by atoms with Crippen molar-refractivity contribution in [2.24, 2.45) is 0 Å². The predicted molar refractivity (Wildman–Crippen MR) is 89.9 cm³/mol. The van der Waals surface area contributed by atoms with Crippen molar-refractivity contribution >= 4 is 0 Å². The molecule has 0 radical (unpaired) electrons. The first-order valence-electron chi connectivity index (χ1n) is 8.14. The Hall–Kier alpha value is -2.15. The lowest BCUT2D eigenvalue weighted by atomic mass is 10.0. The van der Waals surface area contributed by atoms with Crippen LogP contribution in [-0.4, -0.2) is 19.3 Å². The standard InChI is InChI=1S/C20H21NO2/c1-2-3-19-13-23-20(14-22-19)18-10-8-17(9-11-18)16-6-4-15(12-21)5-7-16/h4-11,19-20H,2-3,13-14H2,1H3/t19-,20-/m0/s1. The Morgan fingerprint density at radius 1 is 0.957 bits per heavy atom. The van der Waals surface area contributed by atoms with E-state index in [4.69, 9.17) is 14.7 Å². The van der Waals surface area contributed by atoms with Crippen LogP contribution >= 0.6 is 0 Å². The van der Waals surface area contributed by atoms with Crippen LogP contribution in [0.2, 0.25) is 0 Å². The van der Waals surface area contributed by atoms with Gasteiger partial charge in [-0.3, -0.25) is 0 Å². The lowest BCUT2D eigenvalue weighted by molar-refractivity contribution is -0.137. The summed E-state index contributed by atoms with van der Waals surface area (Å²) in [5.41, 5.74) is 4.08. The molecule has 0 saturated carbocycles. The molecule has 2 aromatic rings. The summed E-state index contributed by atoms with van der Waals surface area (Å²) >= 11 is 0. The van der Waals surface area contributed by atoms with Gasteiger partial charge in [0.1, 0.15) is 6.10 Å². The lowest BCUT2D eigenvalue weighted by Gasteiger charge is -2.29. The Morgan fingerprint density at radius 3 is 2.13 bits per heavy atom. The van der Waals surface area contributed by atoms with Gasteiger partial charge in [-0.15, -0.1) is 0 Å².